The molecule has 2 amide bonds. The SMILES string of the molecule is O=C(N/N=C/c1ccc(OC(=O)c2cccs2)cc1)C(=O)Nc1ccc(F)c(Cl)c1. The highest BCUT2D eigenvalue weighted by Gasteiger charge is 2.14. The number of ether oxygens (including phenoxy) is 1. The fourth-order valence-corrected chi connectivity index (χ4v) is 2.93. The zero-order valence-corrected chi connectivity index (χ0v) is 16.7. The van der Waals surface area contributed by atoms with Crippen molar-refractivity contribution in [1.82, 2.24) is 5.43 Å². The van der Waals surface area contributed by atoms with E-state index < -0.39 is 23.6 Å². The zero-order valence-electron chi connectivity index (χ0n) is 15.1. The first kappa shape index (κ1) is 21.2. The van der Waals surface area contributed by atoms with Gasteiger partial charge >= 0.3 is 17.8 Å². The Kier molecular flexibility index (Phi) is 6.89. The Morgan fingerprint density at radius 3 is 2.50 bits per heavy atom. The van der Waals surface area contributed by atoms with E-state index in [1.165, 1.54) is 29.7 Å². The Morgan fingerprint density at radius 2 is 1.83 bits per heavy atom. The summed E-state index contributed by atoms with van der Waals surface area (Å²) in [6.07, 6.45) is 1.31. The van der Waals surface area contributed by atoms with Gasteiger partial charge in [-0.3, -0.25) is 9.59 Å². The topological polar surface area (TPSA) is 96.9 Å². The van der Waals surface area contributed by atoms with E-state index in [0.29, 0.717) is 16.2 Å². The first-order valence-corrected chi connectivity index (χ1v) is 9.63. The second-order valence-electron chi connectivity index (χ2n) is 5.72. The van der Waals surface area contributed by atoms with Gasteiger partial charge in [0.25, 0.3) is 0 Å². The molecule has 1 heterocycles. The number of halogens is 2. The third kappa shape index (κ3) is 5.72. The van der Waals surface area contributed by atoms with Crippen LogP contribution in [0.4, 0.5) is 10.1 Å². The van der Waals surface area contributed by atoms with Crippen LogP contribution < -0.4 is 15.5 Å². The molecular weight excluding hydrogens is 433 g/mol. The number of benzene rings is 2. The van der Waals surface area contributed by atoms with Crippen LogP contribution in [0.3, 0.4) is 0 Å². The standard InChI is InChI=1S/C20H13ClFN3O4S/c21-15-10-13(5-8-16(15)22)24-18(26)19(27)25-23-11-12-3-6-14(7-4-12)29-20(28)17-2-1-9-30-17/h1-11H,(H,24,26)(H,25,27)/b23-11+. The minimum atomic E-state index is -1.02. The van der Waals surface area contributed by atoms with E-state index in [2.05, 4.69) is 15.8 Å². The van der Waals surface area contributed by atoms with Crippen molar-refractivity contribution in [2.24, 2.45) is 5.10 Å². The Morgan fingerprint density at radius 1 is 1.07 bits per heavy atom. The van der Waals surface area contributed by atoms with Gasteiger partial charge in [0.1, 0.15) is 16.4 Å². The quantitative estimate of drug-likeness (QED) is 0.205. The van der Waals surface area contributed by atoms with Gasteiger partial charge in [-0.15, -0.1) is 11.3 Å². The maximum absolute atomic E-state index is 13.1. The van der Waals surface area contributed by atoms with Crippen molar-refractivity contribution in [2.75, 3.05) is 5.32 Å². The Labute approximate surface area is 179 Å². The molecule has 0 bridgehead atoms. The molecule has 0 fully saturated rings. The van der Waals surface area contributed by atoms with Gasteiger partial charge in [-0.05, 0) is 59.5 Å². The summed E-state index contributed by atoms with van der Waals surface area (Å²) in [7, 11) is 0. The molecule has 2 N–H and O–H groups in total. The Balaban J connectivity index is 1.50. The number of carbonyl (C=O) groups is 3. The van der Waals surface area contributed by atoms with Gasteiger partial charge in [-0.25, -0.2) is 14.6 Å². The maximum atomic E-state index is 13.1. The van der Waals surface area contributed by atoms with Crippen LogP contribution in [0.15, 0.2) is 65.1 Å². The lowest BCUT2D eigenvalue weighted by atomic mass is 10.2. The summed E-state index contributed by atoms with van der Waals surface area (Å²) in [6, 6.07) is 13.3. The predicted molar refractivity (Wildman–Crippen MR) is 111 cm³/mol. The summed E-state index contributed by atoms with van der Waals surface area (Å²) < 4.78 is 18.3. The molecule has 0 atom stereocenters. The second kappa shape index (κ2) is 9.77. The van der Waals surface area contributed by atoms with Crippen molar-refractivity contribution in [2.45, 2.75) is 0 Å². The molecule has 2 aromatic carbocycles. The number of anilines is 1. The number of nitrogens with one attached hydrogen (secondary N) is 2. The van der Waals surface area contributed by atoms with Crippen LogP contribution in [0.1, 0.15) is 15.2 Å². The number of hydrogen-bond donors (Lipinski definition) is 2. The number of thiophene rings is 1. The molecule has 0 aliphatic carbocycles. The van der Waals surface area contributed by atoms with E-state index in [1.54, 1.807) is 41.8 Å². The average molecular weight is 446 g/mol. The van der Waals surface area contributed by atoms with Crippen molar-refractivity contribution < 1.29 is 23.5 Å². The van der Waals surface area contributed by atoms with Gasteiger partial charge in [0, 0.05) is 5.69 Å². The van der Waals surface area contributed by atoms with Gasteiger partial charge in [-0.2, -0.15) is 5.10 Å². The van der Waals surface area contributed by atoms with E-state index in [9.17, 15) is 18.8 Å². The van der Waals surface area contributed by atoms with E-state index in [1.807, 2.05) is 0 Å². The van der Waals surface area contributed by atoms with Gasteiger partial charge < -0.3 is 10.1 Å². The molecule has 0 unspecified atom stereocenters. The van der Waals surface area contributed by atoms with Crippen LogP contribution >= 0.6 is 22.9 Å². The minimum Gasteiger partial charge on any atom is -0.422 e. The van der Waals surface area contributed by atoms with Gasteiger partial charge in [-0.1, -0.05) is 17.7 Å². The van der Waals surface area contributed by atoms with Gasteiger partial charge in [0.05, 0.1) is 11.2 Å². The molecule has 0 saturated heterocycles. The highest BCUT2D eigenvalue weighted by Crippen LogP contribution is 2.19. The number of hydrogen-bond acceptors (Lipinski definition) is 6. The smallest absolute Gasteiger partial charge is 0.353 e. The van der Waals surface area contributed by atoms with Crippen molar-refractivity contribution in [3.05, 3.63) is 81.3 Å². The maximum Gasteiger partial charge on any atom is 0.353 e. The van der Waals surface area contributed by atoms with Crippen LogP contribution in [0.25, 0.3) is 0 Å². The minimum absolute atomic E-state index is 0.165. The number of amides is 2. The summed E-state index contributed by atoms with van der Waals surface area (Å²) in [4.78, 5) is 36.0. The number of rotatable bonds is 5. The van der Waals surface area contributed by atoms with Crippen LogP contribution in [0, 0.1) is 5.82 Å². The van der Waals surface area contributed by atoms with Crippen molar-refractivity contribution >= 4 is 52.6 Å². The van der Waals surface area contributed by atoms with E-state index in [0.717, 1.165) is 6.07 Å². The van der Waals surface area contributed by atoms with Gasteiger partial charge in [0.15, 0.2) is 0 Å². The first-order valence-electron chi connectivity index (χ1n) is 8.37. The molecule has 0 spiro atoms. The van der Waals surface area contributed by atoms with Crippen molar-refractivity contribution in [1.29, 1.82) is 0 Å². The zero-order chi connectivity index (χ0) is 21.5. The lowest BCUT2D eigenvalue weighted by Gasteiger charge is -2.05. The van der Waals surface area contributed by atoms with Gasteiger partial charge in [0.2, 0.25) is 0 Å². The predicted octanol–water partition coefficient (Wildman–Crippen LogP) is 3.85. The second-order valence-corrected chi connectivity index (χ2v) is 7.07. The first-order chi connectivity index (χ1) is 14.4. The number of esters is 1. The normalized spacial score (nSPS) is 10.6. The van der Waals surface area contributed by atoms with Crippen molar-refractivity contribution in [3.63, 3.8) is 0 Å². The number of hydrazone groups is 1. The summed E-state index contributed by atoms with van der Waals surface area (Å²) in [5, 5.41) is 7.55. The van der Waals surface area contributed by atoms with Crippen LogP contribution in [0.2, 0.25) is 5.02 Å². The van der Waals surface area contributed by atoms with Crippen LogP contribution in [0.5, 0.6) is 5.75 Å². The van der Waals surface area contributed by atoms with E-state index >= 15 is 0 Å². The molecule has 7 nitrogen and oxygen atoms in total. The third-order valence-electron chi connectivity index (χ3n) is 3.58. The monoisotopic (exact) mass is 445 g/mol. The molecule has 0 aliphatic rings. The molecule has 0 radical (unpaired) electrons. The van der Waals surface area contributed by atoms with E-state index in [4.69, 9.17) is 16.3 Å². The van der Waals surface area contributed by atoms with Crippen LogP contribution in [-0.4, -0.2) is 24.0 Å². The van der Waals surface area contributed by atoms with Crippen LogP contribution in [-0.2, 0) is 9.59 Å². The fourth-order valence-electron chi connectivity index (χ4n) is 2.15. The molecule has 3 rings (SSSR count). The average Bonchev–Trinajstić information content (AvgIpc) is 3.27. The number of nitrogens with zero attached hydrogens (tertiary/aromatic N) is 1. The molecule has 0 aliphatic heterocycles. The summed E-state index contributed by atoms with van der Waals surface area (Å²) in [5.74, 6) is -2.76. The Bertz CT molecular complexity index is 1100. The fraction of sp³-hybridized carbons (Fsp3) is 0. The largest absolute Gasteiger partial charge is 0.422 e. The molecule has 0 saturated carbocycles. The van der Waals surface area contributed by atoms with E-state index in [-0.39, 0.29) is 10.7 Å². The lowest BCUT2D eigenvalue weighted by molar-refractivity contribution is -0.136. The van der Waals surface area contributed by atoms with Crippen molar-refractivity contribution in [3.8, 4) is 5.75 Å². The number of carbonyl (C=O) groups excluding carboxylic acids is 3. The molecule has 30 heavy (non-hydrogen) atoms. The summed E-state index contributed by atoms with van der Waals surface area (Å²) >= 11 is 6.89. The highest BCUT2D eigenvalue weighted by atomic mass is 35.5. The molecular formula is C20H13ClFN3O4S. The molecule has 10 heteroatoms. The third-order valence-corrected chi connectivity index (χ3v) is 4.72. The summed E-state index contributed by atoms with van der Waals surface area (Å²) in [6.45, 7) is 0. The Hall–Kier alpha value is -3.56. The summed E-state index contributed by atoms with van der Waals surface area (Å²) in [5.41, 5.74) is 2.83. The lowest BCUT2D eigenvalue weighted by Crippen LogP contribution is -2.32. The molecule has 1 aromatic heterocycles. The molecule has 152 valence electrons. The molecule has 3 aromatic rings. The highest BCUT2D eigenvalue weighted by molar-refractivity contribution is 7.12.